The average Bonchev–Trinajstić information content (AvgIpc) is 2.60. The van der Waals surface area contributed by atoms with Gasteiger partial charge in [-0.2, -0.15) is 0 Å². The Balaban J connectivity index is 1.88. The lowest BCUT2D eigenvalue weighted by Crippen LogP contribution is -2.32. The highest BCUT2D eigenvalue weighted by Gasteiger charge is 2.10. The Labute approximate surface area is 142 Å². The summed E-state index contributed by atoms with van der Waals surface area (Å²) in [6.07, 6.45) is 3.06. The van der Waals surface area contributed by atoms with Gasteiger partial charge in [-0.15, -0.1) is 11.8 Å². The summed E-state index contributed by atoms with van der Waals surface area (Å²) in [5.41, 5.74) is 3.43. The summed E-state index contributed by atoms with van der Waals surface area (Å²) in [4.78, 5) is 13.3. The predicted molar refractivity (Wildman–Crippen MR) is 99.1 cm³/mol. The summed E-state index contributed by atoms with van der Waals surface area (Å²) in [6.45, 7) is 4.42. The number of aryl methyl sites for hydroxylation is 1. The van der Waals surface area contributed by atoms with Gasteiger partial charge in [-0.3, -0.25) is 4.79 Å². The Morgan fingerprint density at radius 1 is 1.13 bits per heavy atom. The van der Waals surface area contributed by atoms with Crippen LogP contribution in [-0.2, 0) is 11.2 Å². The highest BCUT2D eigenvalue weighted by atomic mass is 32.2. The molecule has 0 saturated heterocycles. The molecule has 0 aliphatic rings. The lowest BCUT2D eigenvalue weighted by atomic mass is 10.1. The maximum atomic E-state index is 12.1. The Bertz CT molecular complexity index is 640. The Kier molecular flexibility index (Phi) is 6.53. The minimum Gasteiger partial charge on any atom is -0.375 e. The van der Waals surface area contributed by atoms with Crippen LogP contribution in [0.5, 0.6) is 0 Å². The van der Waals surface area contributed by atoms with Crippen LogP contribution in [0.15, 0.2) is 53.4 Å². The van der Waals surface area contributed by atoms with Gasteiger partial charge in [0.25, 0.3) is 0 Å². The van der Waals surface area contributed by atoms with E-state index in [1.807, 2.05) is 37.4 Å². The van der Waals surface area contributed by atoms with Gasteiger partial charge in [0, 0.05) is 10.6 Å². The van der Waals surface area contributed by atoms with Gasteiger partial charge < -0.3 is 10.6 Å². The van der Waals surface area contributed by atoms with E-state index in [-0.39, 0.29) is 18.5 Å². The van der Waals surface area contributed by atoms with Gasteiger partial charge in [-0.1, -0.05) is 43.3 Å². The first-order chi connectivity index (χ1) is 11.1. The van der Waals surface area contributed by atoms with Gasteiger partial charge in [0.2, 0.25) is 5.91 Å². The van der Waals surface area contributed by atoms with Crippen LogP contribution in [0.25, 0.3) is 0 Å². The summed E-state index contributed by atoms with van der Waals surface area (Å²) < 4.78 is 0. The molecule has 0 saturated carbocycles. The van der Waals surface area contributed by atoms with Gasteiger partial charge >= 0.3 is 0 Å². The maximum absolute atomic E-state index is 12.1. The molecule has 2 N–H and O–H groups in total. The molecule has 23 heavy (non-hydrogen) atoms. The fraction of sp³-hybridized carbons (Fsp3) is 0.316. The van der Waals surface area contributed by atoms with Crippen LogP contribution >= 0.6 is 11.8 Å². The third-order valence-corrected chi connectivity index (χ3v) is 4.61. The molecule has 2 rings (SSSR count). The van der Waals surface area contributed by atoms with Crippen molar-refractivity contribution >= 4 is 23.4 Å². The molecule has 2 aromatic carbocycles. The van der Waals surface area contributed by atoms with Crippen LogP contribution in [0, 0.1) is 0 Å². The minimum atomic E-state index is -0.00651. The number of rotatable bonds is 7. The van der Waals surface area contributed by atoms with E-state index in [1.165, 1.54) is 5.56 Å². The van der Waals surface area contributed by atoms with Gasteiger partial charge in [-0.05, 0) is 42.9 Å². The van der Waals surface area contributed by atoms with Crippen LogP contribution in [-0.4, -0.2) is 18.7 Å². The van der Waals surface area contributed by atoms with Crippen molar-refractivity contribution in [1.29, 1.82) is 0 Å². The molecule has 3 nitrogen and oxygen atoms in total. The third-order valence-electron chi connectivity index (χ3n) is 3.81. The fourth-order valence-electron chi connectivity index (χ4n) is 2.38. The topological polar surface area (TPSA) is 41.1 Å². The molecule has 4 heteroatoms. The van der Waals surface area contributed by atoms with Crippen LogP contribution in [0.2, 0.25) is 0 Å². The Morgan fingerprint density at radius 3 is 2.48 bits per heavy atom. The normalized spacial score (nSPS) is 11.8. The molecule has 0 aliphatic carbocycles. The van der Waals surface area contributed by atoms with Gasteiger partial charge in [0.05, 0.1) is 12.6 Å². The summed E-state index contributed by atoms with van der Waals surface area (Å²) >= 11 is 1.67. The van der Waals surface area contributed by atoms with E-state index in [2.05, 4.69) is 41.8 Å². The van der Waals surface area contributed by atoms with Gasteiger partial charge in [0.15, 0.2) is 0 Å². The van der Waals surface area contributed by atoms with Crippen LogP contribution in [0.3, 0.4) is 0 Å². The number of hydrogen-bond donors (Lipinski definition) is 2. The zero-order valence-corrected chi connectivity index (χ0v) is 14.7. The first kappa shape index (κ1) is 17.4. The van der Waals surface area contributed by atoms with Crippen molar-refractivity contribution in [2.45, 2.75) is 31.2 Å². The largest absolute Gasteiger partial charge is 0.375 e. The molecular formula is C19H24N2OS. The average molecular weight is 328 g/mol. The molecule has 0 radical (unpaired) electrons. The monoisotopic (exact) mass is 328 g/mol. The van der Waals surface area contributed by atoms with Crippen molar-refractivity contribution < 1.29 is 4.79 Å². The number of amides is 1. The molecular weight excluding hydrogens is 304 g/mol. The number of nitrogens with one attached hydrogen (secondary N) is 2. The quantitative estimate of drug-likeness (QED) is 0.746. The number of hydrogen-bond acceptors (Lipinski definition) is 3. The zero-order chi connectivity index (χ0) is 16.7. The number of para-hydroxylation sites is 1. The molecule has 1 unspecified atom stereocenters. The van der Waals surface area contributed by atoms with Crippen molar-refractivity contribution in [2.75, 3.05) is 18.1 Å². The van der Waals surface area contributed by atoms with Crippen molar-refractivity contribution in [3.05, 3.63) is 59.7 Å². The molecule has 0 fully saturated rings. The number of carbonyl (C=O) groups excluding carboxylic acids is 1. The smallest absolute Gasteiger partial charge is 0.239 e. The van der Waals surface area contributed by atoms with E-state index in [0.717, 1.165) is 22.6 Å². The van der Waals surface area contributed by atoms with Crippen molar-refractivity contribution in [2.24, 2.45) is 0 Å². The van der Waals surface area contributed by atoms with Crippen molar-refractivity contribution in [3.8, 4) is 0 Å². The fourth-order valence-corrected chi connectivity index (χ4v) is 2.96. The molecule has 2 aromatic rings. The lowest BCUT2D eigenvalue weighted by molar-refractivity contribution is -0.120. The SMILES string of the molecule is CCc1ccc(C(C)NC(=O)CNc2ccccc2SC)cc1. The Hall–Kier alpha value is -1.94. The van der Waals surface area contributed by atoms with E-state index in [4.69, 9.17) is 0 Å². The molecule has 0 aliphatic heterocycles. The van der Waals surface area contributed by atoms with Crippen molar-refractivity contribution in [1.82, 2.24) is 5.32 Å². The molecule has 0 heterocycles. The second-order valence-electron chi connectivity index (χ2n) is 5.44. The van der Waals surface area contributed by atoms with E-state index in [0.29, 0.717) is 0 Å². The molecule has 122 valence electrons. The summed E-state index contributed by atoms with van der Waals surface area (Å²) in [5.74, 6) is -0.00651. The van der Waals surface area contributed by atoms with E-state index < -0.39 is 0 Å². The highest BCUT2D eigenvalue weighted by Crippen LogP contribution is 2.24. The zero-order valence-electron chi connectivity index (χ0n) is 13.9. The number of carbonyl (C=O) groups is 1. The molecule has 1 atom stereocenters. The van der Waals surface area contributed by atoms with E-state index in [9.17, 15) is 4.79 Å². The summed E-state index contributed by atoms with van der Waals surface area (Å²) in [6, 6.07) is 16.4. The molecule has 1 amide bonds. The van der Waals surface area contributed by atoms with E-state index in [1.54, 1.807) is 11.8 Å². The van der Waals surface area contributed by atoms with Crippen LogP contribution in [0.4, 0.5) is 5.69 Å². The second kappa shape index (κ2) is 8.63. The van der Waals surface area contributed by atoms with E-state index >= 15 is 0 Å². The van der Waals surface area contributed by atoms with Crippen LogP contribution < -0.4 is 10.6 Å². The lowest BCUT2D eigenvalue weighted by Gasteiger charge is -2.16. The predicted octanol–water partition coefficient (Wildman–Crippen LogP) is 4.26. The maximum Gasteiger partial charge on any atom is 0.239 e. The first-order valence-electron chi connectivity index (χ1n) is 7.89. The number of benzene rings is 2. The standard InChI is InChI=1S/C19H24N2OS/c1-4-15-9-11-16(12-10-15)14(2)21-19(22)13-20-17-7-5-6-8-18(17)23-3/h5-12,14,20H,4,13H2,1-3H3,(H,21,22). The second-order valence-corrected chi connectivity index (χ2v) is 6.29. The van der Waals surface area contributed by atoms with Crippen molar-refractivity contribution in [3.63, 3.8) is 0 Å². The molecule has 0 bridgehead atoms. The van der Waals surface area contributed by atoms with Gasteiger partial charge in [-0.25, -0.2) is 0 Å². The minimum absolute atomic E-state index is 0.00556. The summed E-state index contributed by atoms with van der Waals surface area (Å²) in [5, 5.41) is 6.24. The highest BCUT2D eigenvalue weighted by molar-refractivity contribution is 7.98. The first-order valence-corrected chi connectivity index (χ1v) is 9.11. The molecule has 0 spiro atoms. The third kappa shape index (κ3) is 5.03. The Morgan fingerprint density at radius 2 is 1.83 bits per heavy atom. The molecule has 0 aromatic heterocycles. The summed E-state index contributed by atoms with van der Waals surface area (Å²) in [7, 11) is 0. The van der Waals surface area contributed by atoms with Crippen LogP contribution in [0.1, 0.15) is 31.0 Å². The number of anilines is 1. The van der Waals surface area contributed by atoms with Gasteiger partial charge in [0.1, 0.15) is 0 Å². The number of thioether (sulfide) groups is 1.